The predicted molar refractivity (Wildman–Crippen MR) is 107 cm³/mol. The Morgan fingerprint density at radius 1 is 0.852 bits per heavy atom. The molecule has 0 saturated heterocycles. The smallest absolute Gasteiger partial charge is 0.194 e. The van der Waals surface area contributed by atoms with Gasteiger partial charge in [-0.25, -0.2) is 0 Å². The summed E-state index contributed by atoms with van der Waals surface area (Å²) in [6.45, 7) is 0. The number of hydrogen-bond donors (Lipinski definition) is 0. The lowest BCUT2D eigenvalue weighted by Gasteiger charge is -2.01. The summed E-state index contributed by atoms with van der Waals surface area (Å²) >= 11 is 1.57. The molecule has 27 heavy (non-hydrogen) atoms. The van der Waals surface area contributed by atoms with Gasteiger partial charge in [0.1, 0.15) is 17.7 Å². The van der Waals surface area contributed by atoms with Crippen molar-refractivity contribution in [1.29, 1.82) is 10.5 Å². The van der Waals surface area contributed by atoms with Gasteiger partial charge in [0.05, 0.1) is 0 Å². The molecule has 0 fully saturated rings. The van der Waals surface area contributed by atoms with Crippen molar-refractivity contribution < 1.29 is 4.79 Å². The van der Waals surface area contributed by atoms with Crippen molar-refractivity contribution in [2.75, 3.05) is 0 Å². The number of Topliss-reactive ketones (excluding diaryl/α,β-unsaturated/α-hetero) is 1. The lowest BCUT2D eigenvalue weighted by atomic mass is 9.99. The standard InChI is InChI=1S/C23H12N2OS/c24-13-16(14-25)22-18-8-4-5-9-19(18)23(26)20(22)12-17-10-11-21(27-17)15-6-2-1-3-7-15/h1-12H/b20-12-. The van der Waals surface area contributed by atoms with Crippen LogP contribution in [0.2, 0.25) is 0 Å². The molecule has 2 aromatic carbocycles. The number of nitriles is 2. The molecule has 0 amide bonds. The van der Waals surface area contributed by atoms with Crippen molar-refractivity contribution in [1.82, 2.24) is 0 Å². The van der Waals surface area contributed by atoms with Crippen molar-refractivity contribution >= 4 is 28.8 Å². The third kappa shape index (κ3) is 2.89. The minimum absolute atomic E-state index is 0.0422. The van der Waals surface area contributed by atoms with E-state index in [0.717, 1.165) is 15.3 Å². The Balaban J connectivity index is 1.85. The van der Waals surface area contributed by atoms with Crippen LogP contribution in [0.25, 0.3) is 22.1 Å². The normalized spacial score (nSPS) is 13.9. The number of benzene rings is 2. The van der Waals surface area contributed by atoms with Crippen LogP contribution in [-0.4, -0.2) is 5.78 Å². The van der Waals surface area contributed by atoms with Crippen LogP contribution in [0.3, 0.4) is 0 Å². The Morgan fingerprint density at radius 3 is 2.22 bits per heavy atom. The van der Waals surface area contributed by atoms with Crippen LogP contribution in [0, 0.1) is 22.7 Å². The maximum absolute atomic E-state index is 12.9. The number of hydrogen-bond acceptors (Lipinski definition) is 4. The molecule has 0 N–H and O–H groups in total. The summed E-state index contributed by atoms with van der Waals surface area (Å²) in [5.74, 6) is -0.154. The van der Waals surface area contributed by atoms with E-state index in [0.29, 0.717) is 22.3 Å². The van der Waals surface area contributed by atoms with Crippen LogP contribution in [0.15, 0.2) is 77.9 Å². The zero-order valence-electron chi connectivity index (χ0n) is 14.1. The molecule has 0 saturated carbocycles. The molecule has 0 atom stereocenters. The Morgan fingerprint density at radius 2 is 1.52 bits per heavy atom. The van der Waals surface area contributed by atoms with E-state index in [2.05, 4.69) is 0 Å². The highest BCUT2D eigenvalue weighted by atomic mass is 32.1. The summed E-state index contributed by atoms with van der Waals surface area (Å²) in [5, 5.41) is 18.7. The average molecular weight is 364 g/mol. The predicted octanol–water partition coefficient (Wildman–Crippen LogP) is 5.50. The van der Waals surface area contributed by atoms with E-state index in [1.54, 1.807) is 41.7 Å². The van der Waals surface area contributed by atoms with Gasteiger partial charge < -0.3 is 0 Å². The highest BCUT2D eigenvalue weighted by Gasteiger charge is 2.32. The number of rotatable bonds is 2. The molecular formula is C23H12N2OS. The third-order valence-electron chi connectivity index (χ3n) is 4.40. The van der Waals surface area contributed by atoms with Gasteiger partial charge in [0.15, 0.2) is 5.78 Å². The molecule has 1 heterocycles. The molecule has 0 unspecified atom stereocenters. The number of allylic oxidation sites excluding steroid dienone is 3. The van der Waals surface area contributed by atoms with Gasteiger partial charge in [-0.05, 0) is 29.3 Å². The molecule has 3 aromatic rings. The molecule has 126 valence electrons. The molecule has 1 aromatic heterocycles. The molecule has 0 spiro atoms. The van der Waals surface area contributed by atoms with E-state index in [9.17, 15) is 15.3 Å². The quantitative estimate of drug-likeness (QED) is 0.446. The van der Waals surface area contributed by atoms with E-state index in [4.69, 9.17) is 0 Å². The Kier molecular flexibility index (Phi) is 4.26. The lowest BCUT2D eigenvalue weighted by molar-refractivity contribution is 0.104. The minimum Gasteiger partial charge on any atom is -0.289 e. The largest absolute Gasteiger partial charge is 0.289 e. The van der Waals surface area contributed by atoms with Crippen LogP contribution >= 0.6 is 11.3 Å². The fraction of sp³-hybridized carbons (Fsp3) is 0. The molecule has 1 aliphatic carbocycles. The topological polar surface area (TPSA) is 64.7 Å². The molecular weight excluding hydrogens is 352 g/mol. The van der Waals surface area contributed by atoms with Crippen LogP contribution in [0.4, 0.5) is 0 Å². The van der Waals surface area contributed by atoms with E-state index in [1.165, 1.54) is 0 Å². The van der Waals surface area contributed by atoms with Crippen LogP contribution in [-0.2, 0) is 0 Å². The van der Waals surface area contributed by atoms with E-state index in [1.807, 2.05) is 54.6 Å². The lowest BCUT2D eigenvalue weighted by Crippen LogP contribution is -1.95. The summed E-state index contributed by atoms with van der Waals surface area (Å²) in [7, 11) is 0. The first-order chi connectivity index (χ1) is 13.2. The number of nitrogens with zero attached hydrogens (tertiary/aromatic N) is 2. The fourth-order valence-electron chi connectivity index (χ4n) is 3.18. The molecule has 0 aliphatic heterocycles. The number of carbonyl (C=O) groups excluding carboxylic acids is 1. The van der Waals surface area contributed by atoms with Crippen molar-refractivity contribution in [3.63, 3.8) is 0 Å². The zero-order chi connectivity index (χ0) is 18.8. The van der Waals surface area contributed by atoms with E-state index < -0.39 is 0 Å². The maximum atomic E-state index is 12.9. The second-order valence-corrected chi connectivity index (χ2v) is 7.09. The summed E-state index contributed by atoms with van der Waals surface area (Å²) in [4.78, 5) is 14.9. The Labute approximate surface area is 160 Å². The van der Waals surface area contributed by atoms with Crippen LogP contribution < -0.4 is 0 Å². The second kappa shape index (κ2) is 6.88. The summed E-state index contributed by atoms with van der Waals surface area (Å²) < 4.78 is 0. The van der Waals surface area contributed by atoms with Gasteiger partial charge in [0.2, 0.25) is 0 Å². The fourth-order valence-corrected chi connectivity index (χ4v) is 4.13. The highest BCUT2D eigenvalue weighted by Crippen LogP contribution is 2.40. The molecule has 3 nitrogen and oxygen atoms in total. The van der Waals surface area contributed by atoms with Crippen molar-refractivity contribution in [3.8, 4) is 22.6 Å². The van der Waals surface area contributed by atoms with Crippen LogP contribution in [0.1, 0.15) is 20.8 Å². The number of carbonyl (C=O) groups is 1. The highest BCUT2D eigenvalue weighted by molar-refractivity contribution is 7.16. The Hall–Kier alpha value is -3.73. The SMILES string of the molecule is N#CC(C#N)=C1/C(=C/c2ccc(-c3ccccc3)s2)C(=O)c2ccccc21. The van der Waals surface area contributed by atoms with E-state index >= 15 is 0 Å². The first-order valence-corrected chi connectivity index (χ1v) is 9.10. The summed E-state index contributed by atoms with van der Waals surface area (Å²) in [6, 6.07) is 24.9. The van der Waals surface area contributed by atoms with Gasteiger partial charge in [-0.1, -0.05) is 54.6 Å². The second-order valence-electron chi connectivity index (χ2n) is 5.97. The Bertz CT molecular complexity index is 1180. The van der Waals surface area contributed by atoms with Gasteiger partial charge in [-0.2, -0.15) is 10.5 Å². The minimum atomic E-state index is -0.154. The number of thiophene rings is 1. The third-order valence-corrected chi connectivity index (χ3v) is 5.48. The van der Waals surface area contributed by atoms with Gasteiger partial charge in [0.25, 0.3) is 0 Å². The van der Waals surface area contributed by atoms with E-state index in [-0.39, 0.29) is 11.4 Å². The number of ketones is 1. The molecule has 0 radical (unpaired) electrons. The average Bonchev–Trinajstić information content (AvgIpc) is 3.29. The summed E-state index contributed by atoms with van der Waals surface area (Å²) in [5.41, 5.74) is 3.07. The van der Waals surface area contributed by atoms with Gasteiger partial charge >= 0.3 is 0 Å². The van der Waals surface area contributed by atoms with Gasteiger partial charge in [0, 0.05) is 26.5 Å². The molecule has 4 heteroatoms. The van der Waals surface area contributed by atoms with Crippen molar-refractivity contribution in [2.45, 2.75) is 0 Å². The van der Waals surface area contributed by atoms with Crippen LogP contribution in [0.5, 0.6) is 0 Å². The molecule has 0 bridgehead atoms. The van der Waals surface area contributed by atoms with Gasteiger partial charge in [-0.3, -0.25) is 4.79 Å². The zero-order valence-corrected chi connectivity index (χ0v) is 15.0. The molecule has 4 rings (SSSR count). The first kappa shape index (κ1) is 16.7. The monoisotopic (exact) mass is 364 g/mol. The van der Waals surface area contributed by atoms with Gasteiger partial charge in [-0.15, -0.1) is 11.3 Å². The van der Waals surface area contributed by atoms with Crippen molar-refractivity contribution in [3.05, 3.63) is 93.9 Å². The molecule has 1 aliphatic rings. The summed E-state index contributed by atoms with van der Waals surface area (Å²) in [6.07, 6.45) is 1.78. The van der Waals surface area contributed by atoms with Crippen molar-refractivity contribution in [2.24, 2.45) is 0 Å². The maximum Gasteiger partial charge on any atom is 0.194 e. The number of fused-ring (bicyclic) bond motifs is 1. The first-order valence-electron chi connectivity index (χ1n) is 8.29.